The summed E-state index contributed by atoms with van der Waals surface area (Å²) >= 11 is 5.78. The van der Waals surface area contributed by atoms with E-state index < -0.39 is 0 Å². The normalized spacial score (nSPS) is 10.6. The lowest BCUT2D eigenvalue weighted by atomic mass is 10.1. The third-order valence-electron chi connectivity index (χ3n) is 2.11. The number of rotatable bonds is 1. The molecule has 0 unspecified atom stereocenters. The molecule has 0 fully saturated rings. The molecule has 0 bridgehead atoms. The van der Waals surface area contributed by atoms with Gasteiger partial charge in [0.25, 0.3) is 0 Å². The summed E-state index contributed by atoms with van der Waals surface area (Å²) in [6.07, 6.45) is 1.82. The van der Waals surface area contributed by atoms with E-state index in [4.69, 9.17) is 11.6 Å². The number of hydrogen-bond donors (Lipinski definition) is 0. The molecule has 0 saturated heterocycles. The zero-order valence-electron chi connectivity index (χ0n) is 7.42. The van der Waals surface area contributed by atoms with Gasteiger partial charge in [0.15, 0.2) is 0 Å². The molecule has 0 aliphatic rings. The molecule has 0 N–H and O–H groups in total. The molecule has 1 nitrogen and oxygen atoms in total. The Morgan fingerprint density at radius 1 is 1.38 bits per heavy atom. The molecule has 2 rings (SSSR count). The number of aromatic nitrogens is 1. The van der Waals surface area contributed by atoms with Crippen molar-refractivity contribution < 1.29 is 0 Å². The lowest BCUT2D eigenvalue weighted by Crippen LogP contribution is -1.86. The van der Waals surface area contributed by atoms with Crippen molar-refractivity contribution in [3.05, 3.63) is 41.6 Å². The predicted molar refractivity (Wildman–Crippen MR) is 56.0 cm³/mol. The molecule has 0 spiro atoms. The average Bonchev–Trinajstić information content (AvgIpc) is 2.18. The summed E-state index contributed by atoms with van der Waals surface area (Å²) in [7, 11) is 0. The van der Waals surface area contributed by atoms with E-state index in [0.29, 0.717) is 5.88 Å². The van der Waals surface area contributed by atoms with Gasteiger partial charge < -0.3 is 0 Å². The second-order valence-electron chi connectivity index (χ2n) is 3.12. The van der Waals surface area contributed by atoms with Gasteiger partial charge in [0, 0.05) is 17.5 Å². The largest absolute Gasteiger partial charge is 0.256 e. The number of hydrogen-bond acceptors (Lipinski definition) is 1. The van der Waals surface area contributed by atoms with E-state index in [0.717, 1.165) is 16.5 Å². The second kappa shape index (κ2) is 3.35. The molecule has 2 heteroatoms. The Balaban J connectivity index is 2.77. The maximum absolute atomic E-state index is 5.78. The highest BCUT2D eigenvalue weighted by Crippen LogP contribution is 2.18. The van der Waals surface area contributed by atoms with E-state index in [-0.39, 0.29) is 0 Å². The Labute approximate surface area is 82.4 Å². The summed E-state index contributed by atoms with van der Waals surface area (Å²) < 4.78 is 0. The van der Waals surface area contributed by atoms with Crippen LogP contribution in [0.15, 0.2) is 30.5 Å². The topological polar surface area (TPSA) is 12.9 Å². The minimum Gasteiger partial charge on any atom is -0.256 e. The quantitative estimate of drug-likeness (QED) is 0.631. The summed E-state index contributed by atoms with van der Waals surface area (Å²) in [6.45, 7) is 2.06. The minimum absolute atomic E-state index is 0.561. The molecule has 0 aliphatic heterocycles. The van der Waals surface area contributed by atoms with E-state index >= 15 is 0 Å². The first-order valence-electron chi connectivity index (χ1n) is 4.21. The van der Waals surface area contributed by atoms with Gasteiger partial charge in [-0.05, 0) is 30.2 Å². The number of benzene rings is 1. The van der Waals surface area contributed by atoms with E-state index in [1.807, 2.05) is 12.3 Å². The lowest BCUT2D eigenvalue weighted by Gasteiger charge is -2.03. The van der Waals surface area contributed by atoms with Crippen molar-refractivity contribution in [1.29, 1.82) is 0 Å². The Bertz CT molecular complexity index is 437. The van der Waals surface area contributed by atoms with Crippen LogP contribution in [0.1, 0.15) is 11.1 Å². The van der Waals surface area contributed by atoms with Gasteiger partial charge in [-0.2, -0.15) is 0 Å². The Morgan fingerprint density at radius 2 is 2.23 bits per heavy atom. The molecule has 2 aromatic rings. The van der Waals surface area contributed by atoms with Crippen LogP contribution < -0.4 is 0 Å². The minimum atomic E-state index is 0.561. The van der Waals surface area contributed by atoms with Crippen LogP contribution in [0.25, 0.3) is 10.9 Å². The van der Waals surface area contributed by atoms with Crippen LogP contribution >= 0.6 is 11.6 Å². The van der Waals surface area contributed by atoms with Crippen LogP contribution in [0.3, 0.4) is 0 Å². The molecule has 13 heavy (non-hydrogen) atoms. The molecule has 1 heterocycles. The standard InChI is InChI=1S/C11H10ClN/c1-8-5-9(7-12)6-10-3-2-4-13-11(8)10/h2-6H,7H2,1H3. The highest BCUT2D eigenvalue weighted by molar-refractivity contribution is 6.17. The molecule has 0 radical (unpaired) electrons. The molecule has 0 saturated carbocycles. The predicted octanol–water partition coefficient (Wildman–Crippen LogP) is 3.28. The number of halogens is 1. The van der Waals surface area contributed by atoms with Crippen molar-refractivity contribution >= 4 is 22.5 Å². The Kier molecular flexibility index (Phi) is 2.19. The van der Waals surface area contributed by atoms with Crippen molar-refractivity contribution in [2.45, 2.75) is 12.8 Å². The first-order valence-corrected chi connectivity index (χ1v) is 4.75. The fourth-order valence-corrected chi connectivity index (χ4v) is 1.68. The molecular weight excluding hydrogens is 182 g/mol. The Morgan fingerprint density at radius 3 is 3.00 bits per heavy atom. The van der Waals surface area contributed by atoms with Crippen molar-refractivity contribution in [2.75, 3.05) is 0 Å². The molecule has 1 aromatic heterocycles. The van der Waals surface area contributed by atoms with E-state index in [2.05, 4.69) is 30.1 Å². The smallest absolute Gasteiger partial charge is 0.0731 e. The number of alkyl halides is 1. The average molecular weight is 192 g/mol. The maximum Gasteiger partial charge on any atom is 0.0731 e. The number of fused-ring (bicyclic) bond motifs is 1. The van der Waals surface area contributed by atoms with Gasteiger partial charge in [0.2, 0.25) is 0 Å². The summed E-state index contributed by atoms with van der Waals surface area (Å²) in [6, 6.07) is 8.18. The monoisotopic (exact) mass is 191 g/mol. The first kappa shape index (κ1) is 8.52. The third kappa shape index (κ3) is 1.52. The number of nitrogens with zero attached hydrogens (tertiary/aromatic N) is 1. The van der Waals surface area contributed by atoms with Gasteiger partial charge >= 0.3 is 0 Å². The van der Waals surface area contributed by atoms with Gasteiger partial charge in [0.05, 0.1) is 5.52 Å². The molecule has 0 atom stereocenters. The summed E-state index contributed by atoms with van der Waals surface area (Å²) in [5.74, 6) is 0.561. The summed E-state index contributed by atoms with van der Waals surface area (Å²) in [4.78, 5) is 4.31. The molecular formula is C11H10ClN. The van der Waals surface area contributed by atoms with Gasteiger partial charge in [-0.1, -0.05) is 12.1 Å². The van der Waals surface area contributed by atoms with Crippen LogP contribution in [-0.4, -0.2) is 4.98 Å². The van der Waals surface area contributed by atoms with Crippen LogP contribution in [0.4, 0.5) is 0 Å². The first-order chi connectivity index (χ1) is 6.31. The van der Waals surface area contributed by atoms with Crippen LogP contribution in [0.5, 0.6) is 0 Å². The van der Waals surface area contributed by atoms with Gasteiger partial charge in [-0.25, -0.2) is 0 Å². The zero-order chi connectivity index (χ0) is 9.26. The summed E-state index contributed by atoms with van der Waals surface area (Å²) in [5.41, 5.74) is 3.41. The van der Waals surface area contributed by atoms with Crippen LogP contribution in [0.2, 0.25) is 0 Å². The van der Waals surface area contributed by atoms with Crippen LogP contribution in [-0.2, 0) is 5.88 Å². The van der Waals surface area contributed by atoms with Gasteiger partial charge in [-0.3, -0.25) is 4.98 Å². The molecule has 0 aliphatic carbocycles. The van der Waals surface area contributed by atoms with E-state index in [1.54, 1.807) is 0 Å². The summed E-state index contributed by atoms with van der Waals surface area (Å²) in [5, 5.41) is 1.16. The fourth-order valence-electron chi connectivity index (χ4n) is 1.53. The number of aryl methyl sites for hydroxylation is 1. The highest BCUT2D eigenvalue weighted by atomic mass is 35.5. The highest BCUT2D eigenvalue weighted by Gasteiger charge is 1.99. The van der Waals surface area contributed by atoms with Crippen molar-refractivity contribution in [3.63, 3.8) is 0 Å². The van der Waals surface area contributed by atoms with Crippen molar-refractivity contribution in [2.24, 2.45) is 0 Å². The van der Waals surface area contributed by atoms with E-state index in [1.165, 1.54) is 5.56 Å². The van der Waals surface area contributed by atoms with Crippen LogP contribution in [0, 0.1) is 6.92 Å². The zero-order valence-corrected chi connectivity index (χ0v) is 8.17. The molecule has 66 valence electrons. The molecule has 1 aromatic carbocycles. The Hall–Kier alpha value is -1.08. The van der Waals surface area contributed by atoms with Gasteiger partial charge in [-0.15, -0.1) is 11.6 Å². The number of pyridine rings is 1. The maximum atomic E-state index is 5.78. The van der Waals surface area contributed by atoms with Crippen molar-refractivity contribution in [3.8, 4) is 0 Å². The second-order valence-corrected chi connectivity index (χ2v) is 3.39. The SMILES string of the molecule is Cc1cc(CCl)cc2cccnc12. The lowest BCUT2D eigenvalue weighted by molar-refractivity contribution is 1.32. The molecule has 0 amide bonds. The van der Waals surface area contributed by atoms with Crippen molar-refractivity contribution in [1.82, 2.24) is 4.98 Å². The van der Waals surface area contributed by atoms with Gasteiger partial charge in [0.1, 0.15) is 0 Å². The third-order valence-corrected chi connectivity index (χ3v) is 2.42. The van der Waals surface area contributed by atoms with E-state index in [9.17, 15) is 0 Å². The fraction of sp³-hybridized carbons (Fsp3) is 0.182.